The highest BCUT2D eigenvalue weighted by molar-refractivity contribution is 6.17. The molecule has 0 aliphatic heterocycles. The largest absolute Gasteiger partial charge is 0.346 e. The molecular weight excluding hydrogens is 404 g/mol. The van der Waals surface area contributed by atoms with Gasteiger partial charge in [-0.05, 0) is 30.0 Å². The number of hydrogen-bond acceptors (Lipinski definition) is 3. The molecule has 0 spiro atoms. The molecule has 160 valence electrons. The third-order valence-corrected chi connectivity index (χ3v) is 5.56. The molecule has 4 nitrogen and oxygen atoms in total. The van der Waals surface area contributed by atoms with Gasteiger partial charge in [-0.25, -0.2) is 9.97 Å². The minimum Gasteiger partial charge on any atom is -0.346 e. The highest BCUT2D eigenvalue weighted by Gasteiger charge is 2.20. The van der Waals surface area contributed by atoms with Crippen LogP contribution in [0.3, 0.4) is 0 Å². The number of anilines is 1. The van der Waals surface area contributed by atoms with Gasteiger partial charge in [0.1, 0.15) is 11.3 Å². The summed E-state index contributed by atoms with van der Waals surface area (Å²) in [6.07, 6.45) is 0. The third kappa shape index (κ3) is 4.91. The minimum absolute atomic E-state index is 0.386. The molecule has 0 bridgehead atoms. The number of aromatic nitrogens is 3. The van der Waals surface area contributed by atoms with Gasteiger partial charge in [-0.1, -0.05) is 74.5 Å². The summed E-state index contributed by atoms with van der Waals surface area (Å²) < 4.78 is 2.26. The first kappa shape index (κ1) is 21.4. The molecule has 0 radical (unpaired) electrons. The summed E-state index contributed by atoms with van der Waals surface area (Å²) in [7, 11) is 0. The molecule has 0 saturated heterocycles. The molecule has 2 aromatic carbocycles. The number of halogens is 1. The van der Waals surface area contributed by atoms with Crippen LogP contribution in [-0.2, 0) is 25.5 Å². The molecule has 0 saturated carbocycles. The van der Waals surface area contributed by atoms with Crippen molar-refractivity contribution in [1.29, 1.82) is 0 Å². The van der Waals surface area contributed by atoms with Gasteiger partial charge in [0.25, 0.3) is 0 Å². The van der Waals surface area contributed by atoms with Crippen LogP contribution >= 0.6 is 11.6 Å². The van der Waals surface area contributed by atoms with Gasteiger partial charge in [0, 0.05) is 25.3 Å². The molecule has 0 aliphatic rings. The van der Waals surface area contributed by atoms with Gasteiger partial charge in [0.2, 0.25) is 0 Å². The van der Waals surface area contributed by atoms with Gasteiger partial charge < -0.3 is 9.47 Å². The zero-order valence-electron chi connectivity index (χ0n) is 18.4. The SMILES string of the molecule is Cc1cc2c(nc(CCl)n2CC(C)C)c(N(Cc2ccccc2)Cc2ccccc2)n1. The Bertz CT molecular complexity index is 1100. The Kier molecular flexibility index (Phi) is 6.57. The number of rotatable bonds is 8. The maximum absolute atomic E-state index is 6.30. The van der Waals surface area contributed by atoms with Gasteiger partial charge >= 0.3 is 0 Å². The molecule has 0 unspecified atom stereocenters. The lowest BCUT2D eigenvalue weighted by molar-refractivity contribution is 0.522. The van der Waals surface area contributed by atoms with E-state index >= 15 is 0 Å². The molecule has 0 fully saturated rings. The lowest BCUT2D eigenvalue weighted by atomic mass is 10.1. The number of imidazole rings is 1. The average molecular weight is 433 g/mol. The fourth-order valence-corrected chi connectivity index (χ4v) is 4.18. The lowest BCUT2D eigenvalue weighted by Crippen LogP contribution is -2.24. The van der Waals surface area contributed by atoms with E-state index in [0.717, 1.165) is 48.0 Å². The Labute approximate surface area is 189 Å². The maximum atomic E-state index is 6.30. The van der Waals surface area contributed by atoms with Gasteiger partial charge in [-0.2, -0.15) is 0 Å². The highest BCUT2D eigenvalue weighted by atomic mass is 35.5. The number of aryl methyl sites for hydroxylation is 1. The summed E-state index contributed by atoms with van der Waals surface area (Å²) in [4.78, 5) is 12.2. The van der Waals surface area contributed by atoms with E-state index in [1.165, 1.54) is 11.1 Å². The van der Waals surface area contributed by atoms with Crippen molar-refractivity contribution in [3.05, 3.63) is 89.4 Å². The summed E-state index contributed by atoms with van der Waals surface area (Å²) in [6.45, 7) is 8.90. The monoisotopic (exact) mass is 432 g/mol. The van der Waals surface area contributed by atoms with E-state index in [0.29, 0.717) is 11.8 Å². The van der Waals surface area contributed by atoms with Crippen LogP contribution in [0.2, 0.25) is 0 Å². The summed E-state index contributed by atoms with van der Waals surface area (Å²) in [5.41, 5.74) is 5.51. The van der Waals surface area contributed by atoms with Crippen LogP contribution in [0, 0.1) is 12.8 Å². The molecule has 2 heterocycles. The maximum Gasteiger partial charge on any atom is 0.157 e. The van der Waals surface area contributed by atoms with Gasteiger partial charge in [0.15, 0.2) is 5.82 Å². The van der Waals surface area contributed by atoms with Crippen LogP contribution in [0.15, 0.2) is 66.7 Å². The van der Waals surface area contributed by atoms with Crippen LogP contribution in [0.4, 0.5) is 5.82 Å². The van der Waals surface area contributed by atoms with Crippen molar-refractivity contribution in [2.24, 2.45) is 5.92 Å². The number of benzene rings is 2. The van der Waals surface area contributed by atoms with Crippen molar-refractivity contribution < 1.29 is 0 Å². The van der Waals surface area contributed by atoms with Crippen molar-refractivity contribution >= 4 is 28.5 Å². The first-order valence-electron chi connectivity index (χ1n) is 10.8. The van der Waals surface area contributed by atoms with E-state index in [9.17, 15) is 0 Å². The first-order valence-corrected chi connectivity index (χ1v) is 11.3. The molecule has 2 aromatic heterocycles. The van der Waals surface area contributed by atoms with Crippen LogP contribution in [0.25, 0.3) is 11.0 Å². The number of fused-ring (bicyclic) bond motifs is 1. The zero-order valence-corrected chi connectivity index (χ0v) is 19.2. The fraction of sp³-hybridized carbons (Fsp3) is 0.308. The number of pyridine rings is 1. The van der Waals surface area contributed by atoms with Crippen LogP contribution in [0.5, 0.6) is 0 Å². The fourth-order valence-electron chi connectivity index (χ4n) is 3.98. The summed E-state index contributed by atoms with van der Waals surface area (Å²) in [5.74, 6) is 2.70. The average Bonchev–Trinajstić information content (AvgIpc) is 3.11. The van der Waals surface area contributed by atoms with Gasteiger partial charge in [0.05, 0.1) is 11.4 Å². The molecule has 4 aromatic rings. The Hall–Kier alpha value is -2.85. The van der Waals surface area contributed by atoms with E-state index in [-0.39, 0.29) is 0 Å². The predicted octanol–water partition coefficient (Wildman–Crippen LogP) is 6.34. The Morgan fingerprint density at radius 2 is 1.48 bits per heavy atom. The summed E-state index contributed by atoms with van der Waals surface area (Å²) in [5, 5.41) is 0. The molecule has 0 N–H and O–H groups in total. The van der Waals surface area contributed by atoms with Crippen molar-refractivity contribution in [3.63, 3.8) is 0 Å². The second kappa shape index (κ2) is 9.52. The van der Waals surface area contributed by atoms with E-state index in [1.807, 2.05) is 0 Å². The predicted molar refractivity (Wildman–Crippen MR) is 129 cm³/mol. The minimum atomic E-state index is 0.386. The lowest BCUT2D eigenvalue weighted by Gasteiger charge is -2.25. The van der Waals surface area contributed by atoms with Gasteiger partial charge in [-0.15, -0.1) is 11.6 Å². The number of nitrogens with zero attached hydrogens (tertiary/aromatic N) is 4. The second-order valence-corrected chi connectivity index (χ2v) is 8.72. The van der Waals surface area contributed by atoms with Crippen molar-refractivity contribution in [3.8, 4) is 0 Å². The van der Waals surface area contributed by atoms with E-state index < -0.39 is 0 Å². The Balaban J connectivity index is 1.84. The molecule has 0 atom stereocenters. The molecular formula is C26H29ClN4. The van der Waals surface area contributed by atoms with Gasteiger partial charge in [-0.3, -0.25) is 0 Å². The topological polar surface area (TPSA) is 34.0 Å². The summed E-state index contributed by atoms with van der Waals surface area (Å²) in [6, 6.07) is 23.2. The molecule has 0 amide bonds. The summed E-state index contributed by atoms with van der Waals surface area (Å²) >= 11 is 6.30. The van der Waals surface area contributed by atoms with Crippen molar-refractivity contribution in [2.45, 2.75) is 46.3 Å². The Morgan fingerprint density at radius 3 is 2.00 bits per heavy atom. The number of alkyl halides is 1. The van der Waals surface area contributed by atoms with E-state index in [2.05, 4.69) is 97.0 Å². The first-order chi connectivity index (χ1) is 15.0. The highest BCUT2D eigenvalue weighted by Crippen LogP contribution is 2.30. The molecule has 0 aliphatic carbocycles. The molecule has 31 heavy (non-hydrogen) atoms. The molecule has 4 rings (SSSR count). The third-order valence-electron chi connectivity index (χ3n) is 5.32. The Morgan fingerprint density at radius 1 is 0.903 bits per heavy atom. The van der Waals surface area contributed by atoms with Crippen LogP contribution in [0.1, 0.15) is 36.5 Å². The van der Waals surface area contributed by atoms with E-state index in [4.69, 9.17) is 21.6 Å². The quantitative estimate of drug-likeness (QED) is 0.304. The smallest absolute Gasteiger partial charge is 0.157 e. The number of hydrogen-bond donors (Lipinski definition) is 0. The van der Waals surface area contributed by atoms with Crippen LogP contribution < -0.4 is 4.90 Å². The zero-order chi connectivity index (χ0) is 21.8. The normalized spacial score (nSPS) is 11.4. The van der Waals surface area contributed by atoms with Crippen molar-refractivity contribution in [2.75, 3.05) is 4.90 Å². The standard InChI is InChI=1S/C26H29ClN4/c1-19(2)16-31-23-14-20(3)28-26(25(23)29-24(31)15-27)30(17-21-10-6-4-7-11-21)18-22-12-8-5-9-13-22/h4-14,19H,15-18H2,1-3H3. The second-order valence-electron chi connectivity index (χ2n) is 8.45. The van der Waals surface area contributed by atoms with Crippen LogP contribution in [-0.4, -0.2) is 14.5 Å². The van der Waals surface area contributed by atoms with E-state index in [1.54, 1.807) is 0 Å². The molecule has 5 heteroatoms. The van der Waals surface area contributed by atoms with Crippen molar-refractivity contribution in [1.82, 2.24) is 14.5 Å².